The highest BCUT2D eigenvalue weighted by atomic mass is 16.6. The molecule has 34 heavy (non-hydrogen) atoms. The van der Waals surface area contributed by atoms with Crippen LogP contribution in [0.25, 0.3) is 0 Å². The summed E-state index contributed by atoms with van der Waals surface area (Å²) in [5.41, 5.74) is 0.532. The number of rotatable bonds is 7. The van der Waals surface area contributed by atoms with E-state index in [9.17, 15) is 14.9 Å². The normalized spacial score (nSPS) is 40.4. The van der Waals surface area contributed by atoms with Gasteiger partial charge >= 0.3 is 5.97 Å². The standard InChI is InChI=1S/C29H47NO4/c1-18(2)8-7-9-19(3)23-12-13-24-22-11-10-21-16-27(34-20(4)31)26(30(32)33)17-29(21,6)25(22)14-15-28(23,24)5/h18-19,21-25H,7-17H2,1-6H3/t19-,21+,22-,23+,24+,25-,28-,29+/m1/s1. The molecule has 0 heterocycles. The molecule has 0 amide bonds. The van der Waals surface area contributed by atoms with E-state index in [-0.39, 0.29) is 16.0 Å². The number of carbonyl (C=O) groups is 1. The predicted octanol–water partition coefficient (Wildman–Crippen LogP) is 7.77. The fourth-order valence-corrected chi connectivity index (χ4v) is 9.41. The van der Waals surface area contributed by atoms with Crippen molar-refractivity contribution >= 4 is 5.97 Å². The van der Waals surface area contributed by atoms with E-state index in [1.165, 1.54) is 58.3 Å². The lowest BCUT2D eigenvalue weighted by Gasteiger charge is -2.60. The summed E-state index contributed by atoms with van der Waals surface area (Å²) in [6.07, 6.45) is 12.6. The van der Waals surface area contributed by atoms with Gasteiger partial charge in [-0.3, -0.25) is 14.9 Å². The first-order chi connectivity index (χ1) is 16.0. The number of nitrogens with zero attached hydrogens (tertiary/aromatic N) is 1. The molecule has 4 aliphatic rings. The van der Waals surface area contributed by atoms with Gasteiger partial charge in [0, 0.05) is 19.8 Å². The van der Waals surface area contributed by atoms with Crippen molar-refractivity contribution in [2.45, 2.75) is 112 Å². The third-order valence-electron chi connectivity index (χ3n) is 11.1. The summed E-state index contributed by atoms with van der Waals surface area (Å²) in [4.78, 5) is 23.3. The number of nitro groups is 1. The van der Waals surface area contributed by atoms with E-state index in [0.29, 0.717) is 41.8 Å². The summed E-state index contributed by atoms with van der Waals surface area (Å²) >= 11 is 0. The van der Waals surface area contributed by atoms with E-state index in [1.807, 2.05) is 0 Å². The maximum absolute atomic E-state index is 12.0. The van der Waals surface area contributed by atoms with Crippen molar-refractivity contribution in [2.75, 3.05) is 0 Å². The zero-order chi connectivity index (χ0) is 24.8. The molecule has 0 spiro atoms. The van der Waals surface area contributed by atoms with Crippen LogP contribution >= 0.6 is 0 Å². The van der Waals surface area contributed by atoms with E-state index < -0.39 is 5.97 Å². The van der Waals surface area contributed by atoms with Gasteiger partial charge in [-0.2, -0.15) is 0 Å². The van der Waals surface area contributed by atoms with Crippen LogP contribution in [0.2, 0.25) is 0 Å². The van der Waals surface area contributed by atoms with Gasteiger partial charge in [-0.05, 0) is 90.8 Å². The van der Waals surface area contributed by atoms with Gasteiger partial charge in [0.2, 0.25) is 0 Å². The molecule has 0 bridgehead atoms. The van der Waals surface area contributed by atoms with Crippen LogP contribution in [0.15, 0.2) is 11.5 Å². The quantitative estimate of drug-likeness (QED) is 0.215. The van der Waals surface area contributed by atoms with Crippen LogP contribution in [0.4, 0.5) is 0 Å². The van der Waals surface area contributed by atoms with Gasteiger partial charge in [0.05, 0.1) is 4.92 Å². The van der Waals surface area contributed by atoms with Crippen LogP contribution in [-0.4, -0.2) is 10.9 Å². The maximum Gasteiger partial charge on any atom is 0.307 e. The van der Waals surface area contributed by atoms with Crippen LogP contribution in [0.3, 0.4) is 0 Å². The van der Waals surface area contributed by atoms with E-state index in [0.717, 1.165) is 30.1 Å². The monoisotopic (exact) mass is 473 g/mol. The van der Waals surface area contributed by atoms with Gasteiger partial charge < -0.3 is 4.74 Å². The number of esters is 1. The number of hydrogen-bond acceptors (Lipinski definition) is 4. The molecule has 0 unspecified atom stereocenters. The molecule has 0 saturated heterocycles. The van der Waals surface area contributed by atoms with E-state index in [2.05, 4.69) is 34.6 Å². The molecule has 3 fully saturated rings. The third-order valence-corrected chi connectivity index (χ3v) is 11.1. The van der Waals surface area contributed by atoms with Gasteiger partial charge in [-0.1, -0.05) is 53.9 Å². The zero-order valence-corrected chi connectivity index (χ0v) is 22.4. The molecule has 8 atom stereocenters. The van der Waals surface area contributed by atoms with Crippen molar-refractivity contribution in [1.82, 2.24) is 0 Å². The minimum absolute atomic E-state index is 0.0583. The van der Waals surface area contributed by atoms with Crippen LogP contribution in [0, 0.1) is 62.4 Å². The van der Waals surface area contributed by atoms with Crippen molar-refractivity contribution in [3.05, 3.63) is 21.6 Å². The Morgan fingerprint density at radius 2 is 1.76 bits per heavy atom. The first-order valence-corrected chi connectivity index (χ1v) is 14.0. The number of hydrogen-bond donors (Lipinski definition) is 0. The number of carbonyl (C=O) groups excluding carboxylic acids is 1. The number of ether oxygens (including phenoxy) is 1. The average molecular weight is 474 g/mol. The van der Waals surface area contributed by atoms with Crippen LogP contribution in [0.5, 0.6) is 0 Å². The summed E-state index contributed by atoms with van der Waals surface area (Å²) in [5, 5.41) is 12.0. The Bertz CT molecular complexity index is 834. The Balaban J connectivity index is 1.53. The summed E-state index contributed by atoms with van der Waals surface area (Å²) in [6, 6.07) is 0. The van der Waals surface area contributed by atoms with E-state index in [1.54, 1.807) is 0 Å². The average Bonchev–Trinajstić information content (AvgIpc) is 3.10. The molecular formula is C29H47NO4. The number of allylic oxidation sites excluding steroid dienone is 2. The minimum Gasteiger partial charge on any atom is -0.424 e. The van der Waals surface area contributed by atoms with Gasteiger partial charge in [-0.25, -0.2) is 0 Å². The summed E-state index contributed by atoms with van der Waals surface area (Å²) in [7, 11) is 0. The van der Waals surface area contributed by atoms with E-state index >= 15 is 0 Å². The minimum atomic E-state index is -0.445. The summed E-state index contributed by atoms with van der Waals surface area (Å²) < 4.78 is 5.37. The van der Waals surface area contributed by atoms with Crippen molar-refractivity contribution < 1.29 is 14.5 Å². The van der Waals surface area contributed by atoms with E-state index in [4.69, 9.17) is 4.74 Å². The SMILES string of the molecule is CC(=O)OC1=C([N+](=O)[O-])C[C@@]2(C)[C@@H](CC[C@H]3[C@H]2CC[C@@]2(C)[C@H]3CC[C@H]2[C@H](C)CCCC(C)C)C1. The lowest BCUT2D eigenvalue weighted by molar-refractivity contribution is -0.436. The van der Waals surface area contributed by atoms with Gasteiger partial charge in [0.25, 0.3) is 5.70 Å². The molecule has 0 aliphatic heterocycles. The fraction of sp³-hybridized carbons (Fsp3) is 0.897. The molecule has 3 saturated carbocycles. The lowest BCUT2D eigenvalue weighted by Crippen LogP contribution is -2.53. The molecule has 0 aromatic carbocycles. The highest BCUT2D eigenvalue weighted by molar-refractivity contribution is 5.67. The zero-order valence-electron chi connectivity index (χ0n) is 22.4. The Morgan fingerprint density at radius 1 is 1.06 bits per heavy atom. The van der Waals surface area contributed by atoms with Gasteiger partial charge in [-0.15, -0.1) is 0 Å². The molecular weight excluding hydrogens is 426 g/mol. The van der Waals surface area contributed by atoms with Crippen LogP contribution in [-0.2, 0) is 9.53 Å². The summed E-state index contributed by atoms with van der Waals surface area (Å²) in [6.45, 7) is 13.4. The smallest absolute Gasteiger partial charge is 0.307 e. The second-order valence-electron chi connectivity index (χ2n) is 13.3. The lowest BCUT2D eigenvalue weighted by atomic mass is 9.44. The van der Waals surface area contributed by atoms with Crippen LogP contribution < -0.4 is 0 Å². The molecule has 4 aliphatic carbocycles. The largest absolute Gasteiger partial charge is 0.424 e. The van der Waals surface area contributed by atoms with Gasteiger partial charge in [0.1, 0.15) is 0 Å². The van der Waals surface area contributed by atoms with Crippen LogP contribution in [0.1, 0.15) is 112 Å². The van der Waals surface area contributed by atoms with Crippen molar-refractivity contribution in [2.24, 2.45) is 52.3 Å². The molecule has 4 rings (SSSR count). The Morgan fingerprint density at radius 3 is 2.41 bits per heavy atom. The highest BCUT2D eigenvalue weighted by Crippen LogP contribution is 2.68. The highest BCUT2D eigenvalue weighted by Gasteiger charge is 2.61. The molecule has 5 heteroatoms. The molecule has 0 radical (unpaired) electrons. The fourth-order valence-electron chi connectivity index (χ4n) is 9.41. The Labute approximate surface area is 206 Å². The Kier molecular flexibility index (Phi) is 7.24. The molecule has 0 aromatic rings. The molecule has 0 N–H and O–H groups in total. The Hall–Kier alpha value is -1.39. The first kappa shape index (κ1) is 25.7. The number of fused-ring (bicyclic) bond motifs is 5. The second-order valence-corrected chi connectivity index (χ2v) is 13.3. The van der Waals surface area contributed by atoms with Crippen molar-refractivity contribution in [3.8, 4) is 0 Å². The molecule has 192 valence electrons. The summed E-state index contributed by atoms with van der Waals surface area (Å²) in [5.74, 6) is 4.68. The second kappa shape index (κ2) is 9.58. The predicted molar refractivity (Wildman–Crippen MR) is 134 cm³/mol. The van der Waals surface area contributed by atoms with Crippen molar-refractivity contribution in [3.63, 3.8) is 0 Å². The first-order valence-electron chi connectivity index (χ1n) is 14.0. The topological polar surface area (TPSA) is 69.4 Å². The molecule has 0 aromatic heterocycles. The molecule has 5 nitrogen and oxygen atoms in total. The van der Waals surface area contributed by atoms with Crippen molar-refractivity contribution in [1.29, 1.82) is 0 Å². The third kappa shape index (κ3) is 4.46. The van der Waals surface area contributed by atoms with Gasteiger partial charge in [0.15, 0.2) is 5.76 Å². The maximum atomic E-state index is 12.0.